The number of nitrogens with one attached hydrogen (secondary N) is 3. The third-order valence-corrected chi connectivity index (χ3v) is 6.41. The molecule has 4 nitrogen and oxygen atoms in total. The molecule has 3 rings (SSSR count). The van der Waals surface area contributed by atoms with E-state index >= 15 is 0 Å². The molecule has 3 aromatic rings. The van der Waals surface area contributed by atoms with Crippen LogP contribution in [0.1, 0.15) is 12.5 Å². The van der Waals surface area contributed by atoms with Crippen molar-refractivity contribution in [1.29, 1.82) is 0 Å². The van der Waals surface area contributed by atoms with Gasteiger partial charge in [0.15, 0.2) is 5.11 Å². The summed E-state index contributed by atoms with van der Waals surface area (Å²) in [6.45, 7) is 3.87. The number of carbonyl (C=O) groups excluding carboxylic acids is 1. The summed E-state index contributed by atoms with van der Waals surface area (Å²) in [6, 6.07) is 20.9. The normalized spacial score (nSPS) is 11.5. The maximum Gasteiger partial charge on any atom is 0.237 e. The Hall–Kier alpha value is -2.25. The fourth-order valence-corrected chi connectivity index (χ4v) is 4.18. The van der Waals surface area contributed by atoms with Crippen LogP contribution in [0.3, 0.4) is 0 Å². The van der Waals surface area contributed by atoms with E-state index in [1.807, 2.05) is 62.4 Å². The fraction of sp³-hybridized carbons (Fsp3) is 0.130. The van der Waals surface area contributed by atoms with E-state index < -0.39 is 0 Å². The van der Waals surface area contributed by atoms with Gasteiger partial charge in [-0.1, -0.05) is 53.0 Å². The number of benzene rings is 3. The average Bonchev–Trinajstić information content (AvgIpc) is 2.73. The molecule has 0 aliphatic rings. The lowest BCUT2D eigenvalue weighted by Crippen LogP contribution is -2.22. The van der Waals surface area contributed by atoms with Crippen molar-refractivity contribution in [1.82, 2.24) is 0 Å². The number of amides is 1. The SMILES string of the molecule is Cc1ccc(NC(=S)Nc2cccc(SC(C)C(=O)Nc3cccc(Cl)c3Cl)c2)cc1. The van der Waals surface area contributed by atoms with E-state index in [2.05, 4.69) is 16.0 Å². The van der Waals surface area contributed by atoms with Gasteiger partial charge in [-0.15, -0.1) is 11.8 Å². The minimum Gasteiger partial charge on any atom is -0.332 e. The largest absolute Gasteiger partial charge is 0.332 e. The molecule has 0 aliphatic carbocycles. The Bertz CT molecular complexity index is 1090. The summed E-state index contributed by atoms with van der Waals surface area (Å²) in [6.07, 6.45) is 0. The lowest BCUT2D eigenvalue weighted by Gasteiger charge is -2.15. The van der Waals surface area contributed by atoms with Crippen molar-refractivity contribution in [2.45, 2.75) is 24.0 Å². The molecule has 0 saturated carbocycles. The zero-order valence-electron chi connectivity index (χ0n) is 16.9. The average molecular weight is 490 g/mol. The van der Waals surface area contributed by atoms with Crippen molar-refractivity contribution in [3.8, 4) is 0 Å². The molecule has 1 amide bonds. The van der Waals surface area contributed by atoms with E-state index in [0.717, 1.165) is 16.3 Å². The maximum absolute atomic E-state index is 12.6. The first kappa shape index (κ1) is 23.4. The van der Waals surface area contributed by atoms with Gasteiger partial charge in [0, 0.05) is 16.3 Å². The van der Waals surface area contributed by atoms with E-state index in [4.69, 9.17) is 35.4 Å². The standard InChI is InChI=1S/C23H21Cl2N3OS2/c1-14-9-11-16(12-10-14)26-23(30)27-17-5-3-6-18(13-17)31-15(2)22(29)28-20-8-4-7-19(24)21(20)25/h3-13,15H,1-2H3,(H,28,29)(H2,26,27,30). The Morgan fingerprint density at radius 3 is 2.35 bits per heavy atom. The maximum atomic E-state index is 12.6. The van der Waals surface area contributed by atoms with Crippen molar-refractivity contribution in [3.63, 3.8) is 0 Å². The number of thioether (sulfide) groups is 1. The molecule has 0 radical (unpaired) electrons. The number of rotatable bonds is 6. The third-order valence-electron chi connectivity index (χ3n) is 4.29. The van der Waals surface area contributed by atoms with E-state index in [1.165, 1.54) is 17.3 Å². The van der Waals surface area contributed by atoms with Gasteiger partial charge in [-0.3, -0.25) is 4.79 Å². The van der Waals surface area contributed by atoms with Gasteiger partial charge in [0.1, 0.15) is 0 Å². The zero-order valence-corrected chi connectivity index (χ0v) is 20.1. The van der Waals surface area contributed by atoms with Crippen LogP contribution < -0.4 is 16.0 Å². The molecule has 31 heavy (non-hydrogen) atoms. The number of aryl methyl sites for hydroxylation is 1. The summed E-state index contributed by atoms with van der Waals surface area (Å²) >= 11 is 19.0. The Balaban J connectivity index is 1.59. The molecule has 0 heterocycles. The monoisotopic (exact) mass is 489 g/mol. The number of thiocarbonyl (C=S) groups is 1. The van der Waals surface area contributed by atoms with Crippen LogP contribution in [-0.2, 0) is 4.79 Å². The van der Waals surface area contributed by atoms with Crippen LogP contribution in [0.5, 0.6) is 0 Å². The highest BCUT2D eigenvalue weighted by atomic mass is 35.5. The van der Waals surface area contributed by atoms with E-state index in [-0.39, 0.29) is 11.2 Å². The molecule has 3 N–H and O–H groups in total. The van der Waals surface area contributed by atoms with Gasteiger partial charge in [-0.25, -0.2) is 0 Å². The summed E-state index contributed by atoms with van der Waals surface area (Å²) in [5.41, 5.74) is 3.43. The van der Waals surface area contributed by atoms with Gasteiger partial charge >= 0.3 is 0 Å². The molecule has 0 spiro atoms. The number of hydrogen-bond acceptors (Lipinski definition) is 3. The van der Waals surface area contributed by atoms with Crippen LogP contribution in [0.15, 0.2) is 71.6 Å². The quantitative estimate of drug-likeness (QED) is 0.251. The minimum absolute atomic E-state index is 0.163. The lowest BCUT2D eigenvalue weighted by atomic mass is 10.2. The molecule has 0 bridgehead atoms. The van der Waals surface area contributed by atoms with E-state index in [1.54, 1.807) is 18.2 Å². The zero-order chi connectivity index (χ0) is 22.4. The summed E-state index contributed by atoms with van der Waals surface area (Å²) in [7, 11) is 0. The van der Waals surface area contributed by atoms with E-state index in [0.29, 0.717) is 20.8 Å². The summed E-state index contributed by atoms with van der Waals surface area (Å²) in [5.74, 6) is -0.163. The summed E-state index contributed by atoms with van der Waals surface area (Å²) < 4.78 is 0. The van der Waals surface area contributed by atoms with Gasteiger partial charge < -0.3 is 16.0 Å². The van der Waals surface area contributed by atoms with Crippen LogP contribution in [0, 0.1) is 6.92 Å². The molecule has 3 aromatic carbocycles. The Labute approximate surface area is 201 Å². The van der Waals surface area contributed by atoms with Gasteiger partial charge in [-0.05, 0) is 68.5 Å². The molecular weight excluding hydrogens is 469 g/mol. The van der Waals surface area contributed by atoms with E-state index in [9.17, 15) is 4.79 Å². The second-order valence-corrected chi connectivity index (χ2v) is 9.43. The van der Waals surface area contributed by atoms with Crippen LogP contribution in [0.4, 0.5) is 17.1 Å². The minimum atomic E-state index is -0.345. The van der Waals surface area contributed by atoms with Crippen LogP contribution in [0.25, 0.3) is 0 Å². The molecule has 8 heteroatoms. The Morgan fingerprint density at radius 1 is 0.935 bits per heavy atom. The number of carbonyl (C=O) groups is 1. The highest BCUT2D eigenvalue weighted by Gasteiger charge is 2.17. The predicted octanol–water partition coefficient (Wildman–Crippen LogP) is 7.23. The molecular formula is C23H21Cl2N3OS2. The summed E-state index contributed by atoms with van der Waals surface area (Å²) in [4.78, 5) is 13.5. The van der Waals surface area contributed by atoms with Crippen molar-refractivity contribution in [3.05, 3.63) is 82.3 Å². The van der Waals surface area contributed by atoms with Gasteiger partial charge in [0.2, 0.25) is 5.91 Å². The topological polar surface area (TPSA) is 53.2 Å². The predicted molar refractivity (Wildman–Crippen MR) is 138 cm³/mol. The molecule has 0 aliphatic heterocycles. The third kappa shape index (κ3) is 6.87. The van der Waals surface area contributed by atoms with Crippen LogP contribution >= 0.6 is 47.2 Å². The van der Waals surface area contributed by atoms with Gasteiger partial charge in [0.25, 0.3) is 0 Å². The number of hydrogen-bond donors (Lipinski definition) is 3. The Morgan fingerprint density at radius 2 is 1.61 bits per heavy atom. The molecule has 1 unspecified atom stereocenters. The molecule has 0 saturated heterocycles. The first-order valence-electron chi connectivity index (χ1n) is 9.48. The highest BCUT2D eigenvalue weighted by Crippen LogP contribution is 2.31. The number of halogens is 2. The van der Waals surface area contributed by atoms with Crippen molar-refractivity contribution in [2.24, 2.45) is 0 Å². The van der Waals surface area contributed by atoms with Crippen LogP contribution in [-0.4, -0.2) is 16.3 Å². The Kier molecular flexibility index (Phi) is 8.21. The van der Waals surface area contributed by atoms with Crippen molar-refractivity contribution in [2.75, 3.05) is 16.0 Å². The number of anilines is 3. The second kappa shape index (κ2) is 10.9. The van der Waals surface area contributed by atoms with Crippen LogP contribution in [0.2, 0.25) is 10.0 Å². The van der Waals surface area contributed by atoms with Crippen molar-refractivity contribution < 1.29 is 4.79 Å². The fourth-order valence-electron chi connectivity index (χ4n) is 2.67. The van der Waals surface area contributed by atoms with Gasteiger partial charge in [0.05, 0.1) is 21.0 Å². The smallest absolute Gasteiger partial charge is 0.237 e. The van der Waals surface area contributed by atoms with Gasteiger partial charge in [-0.2, -0.15) is 0 Å². The molecule has 1 atom stereocenters. The molecule has 0 aromatic heterocycles. The second-order valence-electron chi connectivity index (χ2n) is 6.82. The summed E-state index contributed by atoms with van der Waals surface area (Å²) in [5, 5.41) is 10.0. The first-order valence-corrected chi connectivity index (χ1v) is 11.5. The lowest BCUT2D eigenvalue weighted by molar-refractivity contribution is -0.115. The molecule has 160 valence electrons. The first-order chi connectivity index (χ1) is 14.8. The highest BCUT2D eigenvalue weighted by molar-refractivity contribution is 8.00. The van der Waals surface area contributed by atoms with Crippen molar-refractivity contribution >= 4 is 75.3 Å². The molecule has 0 fully saturated rings.